The van der Waals surface area contributed by atoms with E-state index >= 15 is 0 Å². The third-order valence-electron chi connectivity index (χ3n) is 3.52. The van der Waals surface area contributed by atoms with E-state index in [1.54, 1.807) is 17.2 Å². The SMILES string of the molecule is COC(=O)CC1CCCCN1C(=O)c1cnccc1Cl. The lowest BCUT2D eigenvalue weighted by molar-refractivity contribution is -0.142. The van der Waals surface area contributed by atoms with Crippen LogP contribution in [0.1, 0.15) is 36.0 Å². The van der Waals surface area contributed by atoms with Crippen molar-refractivity contribution in [1.82, 2.24) is 9.88 Å². The number of piperidine rings is 1. The van der Waals surface area contributed by atoms with Crippen LogP contribution in [0, 0.1) is 0 Å². The van der Waals surface area contributed by atoms with Gasteiger partial charge in [0.05, 0.1) is 24.1 Å². The minimum atomic E-state index is -0.299. The lowest BCUT2D eigenvalue weighted by Crippen LogP contribution is -2.45. The maximum Gasteiger partial charge on any atom is 0.307 e. The molecule has 2 rings (SSSR count). The van der Waals surface area contributed by atoms with Crippen molar-refractivity contribution in [1.29, 1.82) is 0 Å². The molecule has 1 fully saturated rings. The minimum Gasteiger partial charge on any atom is -0.469 e. The minimum absolute atomic E-state index is 0.125. The Labute approximate surface area is 122 Å². The van der Waals surface area contributed by atoms with Crippen molar-refractivity contribution < 1.29 is 14.3 Å². The quantitative estimate of drug-likeness (QED) is 0.803. The Hall–Kier alpha value is -1.62. The van der Waals surface area contributed by atoms with Gasteiger partial charge in [0.1, 0.15) is 0 Å². The number of esters is 1. The molecule has 0 bridgehead atoms. The van der Waals surface area contributed by atoms with Gasteiger partial charge in [-0.05, 0) is 25.3 Å². The summed E-state index contributed by atoms with van der Waals surface area (Å²) >= 11 is 6.04. The van der Waals surface area contributed by atoms with Crippen LogP contribution in [0.5, 0.6) is 0 Å². The molecule has 0 spiro atoms. The first-order valence-corrected chi connectivity index (χ1v) is 6.98. The van der Waals surface area contributed by atoms with Crippen LogP contribution < -0.4 is 0 Å². The molecule has 0 aromatic carbocycles. The van der Waals surface area contributed by atoms with Crippen LogP contribution in [0.15, 0.2) is 18.5 Å². The molecule has 0 radical (unpaired) electrons. The summed E-state index contributed by atoms with van der Waals surface area (Å²) in [6, 6.07) is 1.47. The fraction of sp³-hybridized carbons (Fsp3) is 0.500. The summed E-state index contributed by atoms with van der Waals surface area (Å²) in [5.74, 6) is -0.469. The van der Waals surface area contributed by atoms with Gasteiger partial charge < -0.3 is 9.64 Å². The average Bonchev–Trinajstić information content (AvgIpc) is 2.47. The number of carbonyl (C=O) groups is 2. The van der Waals surface area contributed by atoms with E-state index in [0.29, 0.717) is 17.1 Å². The first kappa shape index (κ1) is 14.8. The predicted octanol–water partition coefficient (Wildman–Crippen LogP) is 2.29. The number of nitrogens with zero attached hydrogens (tertiary/aromatic N) is 2. The van der Waals surface area contributed by atoms with E-state index in [4.69, 9.17) is 16.3 Å². The smallest absolute Gasteiger partial charge is 0.307 e. The fourth-order valence-corrected chi connectivity index (χ4v) is 2.63. The van der Waals surface area contributed by atoms with Gasteiger partial charge in [0.25, 0.3) is 5.91 Å². The van der Waals surface area contributed by atoms with Crippen molar-refractivity contribution in [2.75, 3.05) is 13.7 Å². The van der Waals surface area contributed by atoms with Crippen LogP contribution in [-0.2, 0) is 9.53 Å². The first-order valence-electron chi connectivity index (χ1n) is 6.60. The topological polar surface area (TPSA) is 59.5 Å². The molecule has 2 heterocycles. The molecule has 108 valence electrons. The highest BCUT2D eigenvalue weighted by molar-refractivity contribution is 6.33. The van der Waals surface area contributed by atoms with Gasteiger partial charge in [-0.3, -0.25) is 14.6 Å². The Balaban J connectivity index is 2.17. The second-order valence-electron chi connectivity index (χ2n) is 4.78. The maximum absolute atomic E-state index is 12.6. The van der Waals surface area contributed by atoms with E-state index in [9.17, 15) is 9.59 Å². The van der Waals surface area contributed by atoms with Gasteiger partial charge in [-0.25, -0.2) is 0 Å². The zero-order chi connectivity index (χ0) is 14.5. The number of likely N-dealkylation sites (tertiary alicyclic amines) is 1. The van der Waals surface area contributed by atoms with E-state index in [1.807, 2.05) is 0 Å². The Kier molecular flexibility index (Phi) is 4.95. The molecule has 0 N–H and O–H groups in total. The Morgan fingerprint density at radius 3 is 3.00 bits per heavy atom. The van der Waals surface area contributed by atoms with Crippen molar-refractivity contribution in [2.45, 2.75) is 31.7 Å². The Bertz CT molecular complexity index is 507. The van der Waals surface area contributed by atoms with Crippen molar-refractivity contribution in [3.8, 4) is 0 Å². The molecule has 0 aliphatic carbocycles. The van der Waals surface area contributed by atoms with E-state index in [2.05, 4.69) is 4.98 Å². The second-order valence-corrected chi connectivity index (χ2v) is 5.19. The molecule has 1 atom stereocenters. The lowest BCUT2D eigenvalue weighted by atomic mass is 9.98. The highest BCUT2D eigenvalue weighted by atomic mass is 35.5. The van der Waals surface area contributed by atoms with Crippen LogP contribution in [0.3, 0.4) is 0 Å². The summed E-state index contributed by atoms with van der Waals surface area (Å²) in [6.07, 6.45) is 5.97. The van der Waals surface area contributed by atoms with Gasteiger partial charge >= 0.3 is 5.97 Å². The molecule has 6 heteroatoms. The summed E-state index contributed by atoms with van der Waals surface area (Å²) in [5, 5.41) is 0.382. The van der Waals surface area contributed by atoms with E-state index in [0.717, 1.165) is 19.3 Å². The van der Waals surface area contributed by atoms with Gasteiger partial charge in [0.15, 0.2) is 0 Å². The summed E-state index contributed by atoms with van der Waals surface area (Å²) in [7, 11) is 1.36. The zero-order valence-electron chi connectivity index (χ0n) is 11.3. The van der Waals surface area contributed by atoms with Crippen LogP contribution in [-0.4, -0.2) is 41.5 Å². The molecule has 1 aromatic rings. The first-order chi connectivity index (χ1) is 9.63. The largest absolute Gasteiger partial charge is 0.469 e. The number of aromatic nitrogens is 1. The van der Waals surface area contributed by atoms with Crippen LogP contribution in [0.2, 0.25) is 5.02 Å². The number of rotatable bonds is 3. The van der Waals surface area contributed by atoms with Crippen molar-refractivity contribution in [2.24, 2.45) is 0 Å². The molecular weight excluding hydrogens is 280 g/mol. The number of hydrogen-bond acceptors (Lipinski definition) is 4. The molecule has 0 saturated carbocycles. The van der Waals surface area contributed by atoms with Gasteiger partial charge in [0.2, 0.25) is 0 Å². The van der Waals surface area contributed by atoms with Gasteiger partial charge in [-0.15, -0.1) is 0 Å². The second kappa shape index (κ2) is 6.70. The number of ether oxygens (including phenoxy) is 1. The van der Waals surface area contributed by atoms with Crippen LogP contribution in [0.25, 0.3) is 0 Å². The highest BCUT2D eigenvalue weighted by Gasteiger charge is 2.30. The summed E-state index contributed by atoms with van der Waals surface area (Å²) in [4.78, 5) is 29.7. The third-order valence-corrected chi connectivity index (χ3v) is 3.85. The Morgan fingerprint density at radius 2 is 2.30 bits per heavy atom. The summed E-state index contributed by atoms with van der Waals surface area (Å²) in [6.45, 7) is 0.631. The monoisotopic (exact) mass is 296 g/mol. The molecule has 1 aliphatic rings. The lowest BCUT2D eigenvalue weighted by Gasteiger charge is -2.35. The standard InChI is InChI=1S/C14H17ClN2O3/c1-20-13(18)8-10-4-2-3-7-17(10)14(19)11-9-16-6-5-12(11)15/h5-6,9-10H,2-4,7-8H2,1H3. The molecule has 1 aliphatic heterocycles. The molecule has 5 nitrogen and oxygen atoms in total. The van der Waals surface area contributed by atoms with E-state index < -0.39 is 0 Å². The number of halogens is 1. The molecule has 1 unspecified atom stereocenters. The fourth-order valence-electron chi connectivity index (χ4n) is 2.45. The Morgan fingerprint density at radius 1 is 1.50 bits per heavy atom. The van der Waals surface area contributed by atoms with Crippen LogP contribution >= 0.6 is 11.6 Å². The van der Waals surface area contributed by atoms with Crippen molar-refractivity contribution in [3.63, 3.8) is 0 Å². The van der Waals surface area contributed by atoms with Gasteiger partial charge in [-0.1, -0.05) is 11.6 Å². The number of pyridine rings is 1. The third kappa shape index (κ3) is 3.28. The molecule has 1 aromatic heterocycles. The molecular formula is C14H17ClN2O3. The normalized spacial score (nSPS) is 18.7. The van der Waals surface area contributed by atoms with Gasteiger partial charge in [-0.2, -0.15) is 0 Å². The van der Waals surface area contributed by atoms with E-state index in [1.165, 1.54) is 13.3 Å². The molecule has 1 amide bonds. The number of carbonyl (C=O) groups excluding carboxylic acids is 2. The molecule has 20 heavy (non-hydrogen) atoms. The molecule has 1 saturated heterocycles. The van der Waals surface area contributed by atoms with Crippen molar-refractivity contribution >= 4 is 23.5 Å². The maximum atomic E-state index is 12.6. The predicted molar refractivity (Wildman–Crippen MR) is 74.6 cm³/mol. The zero-order valence-corrected chi connectivity index (χ0v) is 12.1. The average molecular weight is 297 g/mol. The number of hydrogen-bond donors (Lipinski definition) is 0. The highest BCUT2D eigenvalue weighted by Crippen LogP contribution is 2.24. The van der Waals surface area contributed by atoms with Crippen LogP contribution in [0.4, 0.5) is 0 Å². The van der Waals surface area contributed by atoms with Gasteiger partial charge in [0, 0.05) is 25.0 Å². The van der Waals surface area contributed by atoms with Crippen molar-refractivity contribution in [3.05, 3.63) is 29.0 Å². The van der Waals surface area contributed by atoms with E-state index in [-0.39, 0.29) is 24.3 Å². The summed E-state index contributed by atoms with van der Waals surface area (Å²) < 4.78 is 4.70. The number of methoxy groups -OCH3 is 1. The summed E-state index contributed by atoms with van der Waals surface area (Å²) in [5.41, 5.74) is 0.380. The number of amides is 1.